The van der Waals surface area contributed by atoms with E-state index in [1.54, 1.807) is 11.3 Å². The molecule has 1 saturated heterocycles. The minimum Gasteiger partial charge on any atom is -0.328 e. The van der Waals surface area contributed by atoms with Crippen LogP contribution in [0.4, 0.5) is 0 Å². The first kappa shape index (κ1) is 10.9. The lowest BCUT2D eigenvalue weighted by molar-refractivity contribution is 0.585. The predicted octanol–water partition coefficient (Wildman–Crippen LogP) is 2.12. The molecule has 5 heteroatoms. The second kappa shape index (κ2) is 4.58. The summed E-state index contributed by atoms with van der Waals surface area (Å²) in [6.45, 7) is 4.08. The highest BCUT2D eigenvalue weighted by molar-refractivity contribution is 7.09. The van der Waals surface area contributed by atoms with Gasteiger partial charge in [0.1, 0.15) is 0 Å². The van der Waals surface area contributed by atoms with Crippen LogP contribution in [0.25, 0.3) is 0 Å². The molecule has 0 radical (unpaired) electrons. The second-order valence-corrected chi connectivity index (χ2v) is 5.40. The summed E-state index contributed by atoms with van der Waals surface area (Å²) >= 11 is 1.72. The average Bonchev–Trinajstić information content (AvgIpc) is 3.02. The number of nitrogens with zero attached hydrogens (tertiary/aromatic N) is 3. The normalized spacial score (nSPS) is 19.9. The van der Waals surface area contributed by atoms with Gasteiger partial charge in [-0.15, -0.1) is 11.3 Å². The van der Waals surface area contributed by atoms with Crippen LogP contribution in [0, 0.1) is 6.92 Å². The predicted molar refractivity (Wildman–Crippen MR) is 68.2 cm³/mol. The number of imidazole rings is 1. The van der Waals surface area contributed by atoms with E-state index >= 15 is 0 Å². The Hall–Kier alpha value is -1.20. The Morgan fingerprint density at radius 2 is 2.53 bits per heavy atom. The maximum absolute atomic E-state index is 4.29. The topological polar surface area (TPSA) is 42.7 Å². The van der Waals surface area contributed by atoms with Crippen molar-refractivity contribution in [2.45, 2.75) is 32.4 Å². The molecule has 1 unspecified atom stereocenters. The summed E-state index contributed by atoms with van der Waals surface area (Å²) in [6, 6.07) is 0.478. The zero-order chi connectivity index (χ0) is 11.7. The van der Waals surface area contributed by atoms with E-state index in [9.17, 15) is 0 Å². The first-order valence-electron chi connectivity index (χ1n) is 5.97. The first-order valence-corrected chi connectivity index (χ1v) is 6.85. The first-order chi connectivity index (χ1) is 8.34. The minimum atomic E-state index is 0.478. The maximum Gasteiger partial charge on any atom is 0.0952 e. The van der Waals surface area contributed by atoms with Crippen LogP contribution in [0.2, 0.25) is 0 Å². The molecule has 1 aliphatic heterocycles. The van der Waals surface area contributed by atoms with Crippen LogP contribution in [-0.2, 0) is 6.54 Å². The number of hydrogen-bond acceptors (Lipinski definition) is 4. The zero-order valence-corrected chi connectivity index (χ0v) is 10.7. The summed E-state index contributed by atoms with van der Waals surface area (Å²) < 4.78 is 2.24. The van der Waals surface area contributed by atoms with Crippen molar-refractivity contribution in [2.75, 3.05) is 6.54 Å². The number of nitrogens with one attached hydrogen (secondary N) is 1. The van der Waals surface area contributed by atoms with E-state index in [4.69, 9.17) is 0 Å². The molecule has 1 aliphatic rings. The zero-order valence-electron chi connectivity index (χ0n) is 9.89. The number of thiazole rings is 1. The molecule has 0 bridgehead atoms. The van der Waals surface area contributed by atoms with Crippen LogP contribution in [-0.4, -0.2) is 21.1 Å². The van der Waals surface area contributed by atoms with Crippen molar-refractivity contribution in [3.8, 4) is 0 Å². The highest BCUT2D eigenvalue weighted by Gasteiger charge is 2.20. The van der Waals surface area contributed by atoms with Crippen molar-refractivity contribution in [1.82, 2.24) is 19.9 Å². The van der Waals surface area contributed by atoms with Gasteiger partial charge in [0, 0.05) is 17.1 Å². The highest BCUT2D eigenvalue weighted by Crippen LogP contribution is 2.24. The number of rotatable bonds is 3. The van der Waals surface area contributed by atoms with E-state index in [1.165, 1.54) is 23.4 Å². The molecule has 3 heterocycles. The van der Waals surface area contributed by atoms with Gasteiger partial charge in [-0.3, -0.25) is 0 Å². The van der Waals surface area contributed by atoms with Gasteiger partial charge in [0.15, 0.2) is 0 Å². The fourth-order valence-electron chi connectivity index (χ4n) is 2.32. The molecule has 0 spiro atoms. The maximum atomic E-state index is 4.29. The number of aromatic nitrogens is 3. The molecule has 1 fully saturated rings. The Labute approximate surface area is 105 Å². The minimum absolute atomic E-state index is 0.478. The summed E-state index contributed by atoms with van der Waals surface area (Å²) in [7, 11) is 0. The molecule has 0 aliphatic carbocycles. The quantitative estimate of drug-likeness (QED) is 0.904. The summed E-state index contributed by atoms with van der Waals surface area (Å²) in [5.74, 6) is 0. The molecule has 0 amide bonds. The van der Waals surface area contributed by atoms with E-state index in [0.29, 0.717) is 6.04 Å². The fraction of sp³-hybridized carbons (Fsp3) is 0.500. The second-order valence-electron chi connectivity index (χ2n) is 4.46. The Morgan fingerprint density at radius 1 is 1.59 bits per heavy atom. The molecule has 3 rings (SSSR count). The molecular weight excluding hydrogens is 232 g/mol. The van der Waals surface area contributed by atoms with Crippen molar-refractivity contribution in [2.24, 2.45) is 0 Å². The Morgan fingerprint density at radius 3 is 3.24 bits per heavy atom. The van der Waals surface area contributed by atoms with Crippen LogP contribution in [0.1, 0.15) is 35.1 Å². The van der Waals surface area contributed by atoms with Crippen LogP contribution < -0.4 is 5.32 Å². The lowest BCUT2D eigenvalue weighted by atomic mass is 10.2. The molecular formula is C12H16N4S. The van der Waals surface area contributed by atoms with Crippen molar-refractivity contribution >= 4 is 11.3 Å². The highest BCUT2D eigenvalue weighted by atomic mass is 32.1. The van der Waals surface area contributed by atoms with Crippen molar-refractivity contribution in [3.63, 3.8) is 0 Å². The molecule has 4 nitrogen and oxygen atoms in total. The third-order valence-electron chi connectivity index (χ3n) is 3.32. The summed E-state index contributed by atoms with van der Waals surface area (Å²) in [5, 5.41) is 3.52. The van der Waals surface area contributed by atoms with Gasteiger partial charge in [0.05, 0.1) is 29.8 Å². The lowest BCUT2D eigenvalue weighted by Gasteiger charge is -2.13. The van der Waals surface area contributed by atoms with Crippen LogP contribution >= 0.6 is 11.3 Å². The van der Waals surface area contributed by atoms with Crippen molar-refractivity contribution < 1.29 is 0 Å². The van der Waals surface area contributed by atoms with Gasteiger partial charge in [0.2, 0.25) is 0 Å². The molecule has 0 aromatic carbocycles. The molecule has 90 valence electrons. The van der Waals surface area contributed by atoms with Gasteiger partial charge in [-0.2, -0.15) is 0 Å². The Bertz CT molecular complexity index is 496. The smallest absolute Gasteiger partial charge is 0.0952 e. The molecule has 2 aromatic rings. The van der Waals surface area contributed by atoms with Crippen molar-refractivity contribution in [3.05, 3.63) is 34.3 Å². The standard InChI is InChI=1S/C12H16N4S/c1-9-12(17-8-15-9)6-16-7-13-5-11(16)10-3-2-4-14-10/h5,7-8,10,14H,2-4,6H2,1H3. The van der Waals surface area contributed by atoms with Gasteiger partial charge in [0.25, 0.3) is 0 Å². The van der Waals surface area contributed by atoms with Gasteiger partial charge in [-0.05, 0) is 26.3 Å². The number of aryl methyl sites for hydroxylation is 1. The molecule has 2 aromatic heterocycles. The van der Waals surface area contributed by atoms with Crippen LogP contribution in [0.5, 0.6) is 0 Å². The monoisotopic (exact) mass is 248 g/mol. The number of hydrogen-bond donors (Lipinski definition) is 1. The summed E-state index contributed by atoms with van der Waals surface area (Å²) in [4.78, 5) is 9.90. The third kappa shape index (κ3) is 2.12. The summed E-state index contributed by atoms with van der Waals surface area (Å²) in [6.07, 6.45) is 6.39. The van der Waals surface area contributed by atoms with E-state index < -0.39 is 0 Å². The molecule has 17 heavy (non-hydrogen) atoms. The van der Waals surface area contributed by atoms with Gasteiger partial charge < -0.3 is 9.88 Å². The van der Waals surface area contributed by atoms with Gasteiger partial charge in [-0.1, -0.05) is 0 Å². The molecule has 1 N–H and O–H groups in total. The van der Waals surface area contributed by atoms with Crippen LogP contribution in [0.3, 0.4) is 0 Å². The lowest BCUT2D eigenvalue weighted by Crippen LogP contribution is -2.17. The Kier molecular flexibility index (Phi) is 2.94. The van der Waals surface area contributed by atoms with E-state index in [-0.39, 0.29) is 0 Å². The average molecular weight is 248 g/mol. The van der Waals surface area contributed by atoms with Gasteiger partial charge >= 0.3 is 0 Å². The third-order valence-corrected chi connectivity index (χ3v) is 4.24. The van der Waals surface area contributed by atoms with E-state index in [1.807, 2.05) is 18.0 Å². The van der Waals surface area contributed by atoms with Gasteiger partial charge in [-0.25, -0.2) is 9.97 Å². The Balaban J connectivity index is 1.84. The van der Waals surface area contributed by atoms with E-state index in [2.05, 4.69) is 26.8 Å². The largest absolute Gasteiger partial charge is 0.328 e. The van der Waals surface area contributed by atoms with Crippen molar-refractivity contribution in [1.29, 1.82) is 0 Å². The molecule has 1 atom stereocenters. The van der Waals surface area contributed by atoms with Crippen LogP contribution in [0.15, 0.2) is 18.0 Å². The fourth-order valence-corrected chi connectivity index (χ4v) is 3.10. The molecule has 0 saturated carbocycles. The SMILES string of the molecule is Cc1ncsc1Cn1cncc1C1CCCN1. The van der Waals surface area contributed by atoms with E-state index in [0.717, 1.165) is 18.8 Å². The summed E-state index contributed by atoms with van der Waals surface area (Å²) in [5.41, 5.74) is 4.35.